The van der Waals surface area contributed by atoms with Crippen molar-refractivity contribution in [2.45, 2.75) is 5.41 Å². The highest BCUT2D eigenvalue weighted by Gasteiger charge is 2.51. The van der Waals surface area contributed by atoms with Crippen molar-refractivity contribution in [1.82, 2.24) is 19.9 Å². The van der Waals surface area contributed by atoms with Gasteiger partial charge in [-0.05, 0) is 52.1 Å². The number of pyridine rings is 1. The Bertz CT molecular complexity index is 2900. The van der Waals surface area contributed by atoms with Gasteiger partial charge in [0.1, 0.15) is 11.5 Å². The second-order valence-corrected chi connectivity index (χ2v) is 14.2. The highest BCUT2D eigenvalue weighted by atomic mass is 16.5. The molecule has 7 aromatic carbocycles. The van der Waals surface area contributed by atoms with Crippen LogP contribution in [-0.2, 0) is 5.41 Å². The van der Waals surface area contributed by atoms with E-state index in [0.717, 1.165) is 67.3 Å². The molecule has 3 heterocycles. The normalized spacial score (nSPS) is 12.9. The van der Waals surface area contributed by atoms with Gasteiger partial charge in [-0.15, -0.1) is 0 Å². The molecule has 5 heteroatoms. The second-order valence-electron chi connectivity index (χ2n) is 14.2. The lowest BCUT2D eigenvalue weighted by Gasteiger charge is -2.39. The van der Waals surface area contributed by atoms with Crippen molar-refractivity contribution in [1.29, 1.82) is 0 Å². The number of ether oxygens (including phenoxy) is 1. The maximum atomic E-state index is 6.53. The summed E-state index contributed by atoms with van der Waals surface area (Å²) >= 11 is 0. The number of hydrogen-bond acceptors (Lipinski definition) is 5. The van der Waals surface area contributed by atoms with E-state index in [-0.39, 0.29) is 0 Å². The van der Waals surface area contributed by atoms with Crippen molar-refractivity contribution in [3.63, 3.8) is 0 Å². The maximum Gasteiger partial charge on any atom is 0.164 e. The number of para-hydroxylation sites is 2. The molecular formula is C51H32N4O. The third-order valence-electron chi connectivity index (χ3n) is 11.1. The smallest absolute Gasteiger partial charge is 0.164 e. The molecule has 0 fully saturated rings. The van der Waals surface area contributed by atoms with Crippen molar-refractivity contribution < 1.29 is 4.74 Å². The number of rotatable bonds is 5. The molecule has 0 bridgehead atoms. The van der Waals surface area contributed by atoms with Crippen LogP contribution in [0.3, 0.4) is 0 Å². The van der Waals surface area contributed by atoms with E-state index in [0.29, 0.717) is 17.5 Å². The SMILES string of the molecule is c1ccc(-c2nc(-c3ccc(-c4cccnc4-c4ccccc4)cc3)nc(-c3ccc4c(c3)-c3ccccc3C43c4ccccc4Oc4ccccc43)n2)cc1. The minimum absolute atomic E-state index is 0.536. The predicted octanol–water partition coefficient (Wildman–Crippen LogP) is 12.1. The molecule has 0 amide bonds. The Kier molecular flexibility index (Phi) is 7.32. The average Bonchev–Trinajstić information content (AvgIpc) is 3.57. The van der Waals surface area contributed by atoms with E-state index in [4.69, 9.17) is 24.7 Å². The number of nitrogens with zero attached hydrogens (tertiary/aromatic N) is 4. The molecule has 5 nitrogen and oxygen atoms in total. The second kappa shape index (κ2) is 12.8. The molecule has 1 aliphatic carbocycles. The molecule has 0 saturated carbocycles. The summed E-state index contributed by atoms with van der Waals surface area (Å²) in [5, 5.41) is 0. The molecule has 0 radical (unpaired) electrons. The van der Waals surface area contributed by atoms with Crippen LogP contribution in [-0.4, -0.2) is 19.9 Å². The summed E-state index contributed by atoms with van der Waals surface area (Å²) in [7, 11) is 0. The minimum atomic E-state index is -0.536. The van der Waals surface area contributed by atoms with Gasteiger partial charge in [-0.1, -0.05) is 164 Å². The fourth-order valence-electron chi connectivity index (χ4n) is 8.61. The fourth-order valence-corrected chi connectivity index (χ4v) is 8.61. The van der Waals surface area contributed by atoms with Crippen molar-refractivity contribution in [3.05, 3.63) is 217 Å². The lowest BCUT2D eigenvalue weighted by atomic mass is 9.66. The van der Waals surface area contributed by atoms with E-state index in [1.165, 1.54) is 16.7 Å². The quantitative estimate of drug-likeness (QED) is 0.177. The monoisotopic (exact) mass is 716 g/mol. The largest absolute Gasteiger partial charge is 0.457 e. The Labute approximate surface area is 324 Å². The summed E-state index contributed by atoms with van der Waals surface area (Å²) in [6.45, 7) is 0. The number of fused-ring (bicyclic) bond motifs is 9. The van der Waals surface area contributed by atoms with Crippen LogP contribution in [0, 0.1) is 0 Å². The summed E-state index contributed by atoms with van der Waals surface area (Å²) in [5.74, 6) is 3.60. The molecule has 262 valence electrons. The van der Waals surface area contributed by atoms with Crippen LogP contribution in [0.2, 0.25) is 0 Å². The standard InChI is InChI=1S/C51H32N4O/c1-3-14-34(15-4-1)47-38(19-13-31-52-47)33-25-27-36(28-26-33)49-53-48(35-16-5-2-6-17-35)54-50(55-49)37-29-30-42-40(32-37)39-18-7-8-20-41(39)51(42)43-21-9-11-23-45(43)56-46-24-12-10-22-44(46)51/h1-32H. The number of aromatic nitrogens is 4. The van der Waals surface area contributed by atoms with E-state index >= 15 is 0 Å². The molecule has 1 aliphatic heterocycles. The van der Waals surface area contributed by atoms with Crippen molar-refractivity contribution >= 4 is 0 Å². The number of benzene rings is 7. The van der Waals surface area contributed by atoms with Gasteiger partial charge in [0, 0.05) is 45.1 Å². The molecule has 11 rings (SSSR count). The van der Waals surface area contributed by atoms with Crippen LogP contribution in [0.5, 0.6) is 11.5 Å². The van der Waals surface area contributed by atoms with Gasteiger partial charge in [0.25, 0.3) is 0 Å². The van der Waals surface area contributed by atoms with Gasteiger partial charge < -0.3 is 4.74 Å². The van der Waals surface area contributed by atoms with E-state index < -0.39 is 5.41 Å². The van der Waals surface area contributed by atoms with Crippen molar-refractivity contribution in [2.75, 3.05) is 0 Å². The predicted molar refractivity (Wildman–Crippen MR) is 222 cm³/mol. The van der Waals surface area contributed by atoms with Gasteiger partial charge in [-0.3, -0.25) is 4.98 Å². The molecule has 9 aromatic rings. The molecule has 0 N–H and O–H groups in total. The topological polar surface area (TPSA) is 60.8 Å². The lowest BCUT2D eigenvalue weighted by Crippen LogP contribution is -2.32. The maximum absolute atomic E-state index is 6.53. The highest BCUT2D eigenvalue weighted by molar-refractivity contribution is 5.90. The van der Waals surface area contributed by atoms with Crippen LogP contribution < -0.4 is 4.74 Å². The Morgan fingerprint density at radius 3 is 1.50 bits per heavy atom. The first kappa shape index (κ1) is 32.0. The first-order valence-corrected chi connectivity index (χ1v) is 18.8. The summed E-state index contributed by atoms with van der Waals surface area (Å²) < 4.78 is 6.53. The van der Waals surface area contributed by atoms with Crippen LogP contribution >= 0.6 is 0 Å². The zero-order valence-electron chi connectivity index (χ0n) is 30.2. The van der Waals surface area contributed by atoms with Gasteiger partial charge in [0.2, 0.25) is 0 Å². The van der Waals surface area contributed by atoms with Crippen LogP contribution in [0.4, 0.5) is 0 Å². The molecule has 2 aliphatic rings. The Balaban J connectivity index is 1.06. The van der Waals surface area contributed by atoms with Crippen LogP contribution in [0.1, 0.15) is 22.3 Å². The average molecular weight is 717 g/mol. The zero-order valence-corrected chi connectivity index (χ0v) is 30.2. The third kappa shape index (κ3) is 4.95. The summed E-state index contributed by atoms with van der Waals surface area (Å²) in [5.41, 5.74) is 13.4. The van der Waals surface area contributed by atoms with Gasteiger partial charge in [-0.2, -0.15) is 0 Å². The first-order valence-electron chi connectivity index (χ1n) is 18.8. The molecule has 0 saturated heterocycles. The highest BCUT2D eigenvalue weighted by Crippen LogP contribution is 2.62. The Morgan fingerprint density at radius 1 is 0.339 bits per heavy atom. The van der Waals surface area contributed by atoms with Gasteiger partial charge in [-0.25, -0.2) is 15.0 Å². The van der Waals surface area contributed by atoms with Crippen LogP contribution in [0.15, 0.2) is 194 Å². The van der Waals surface area contributed by atoms with E-state index in [1.54, 1.807) is 0 Å². The van der Waals surface area contributed by atoms with E-state index in [9.17, 15) is 0 Å². The van der Waals surface area contributed by atoms with Crippen molar-refractivity contribution in [2.24, 2.45) is 0 Å². The summed E-state index contributed by atoms with van der Waals surface area (Å²) in [4.78, 5) is 20.1. The van der Waals surface area contributed by atoms with Gasteiger partial charge in [0.05, 0.1) is 11.1 Å². The Morgan fingerprint density at radius 2 is 0.821 bits per heavy atom. The number of hydrogen-bond donors (Lipinski definition) is 0. The molecule has 2 aromatic heterocycles. The minimum Gasteiger partial charge on any atom is -0.457 e. The molecule has 56 heavy (non-hydrogen) atoms. The third-order valence-corrected chi connectivity index (χ3v) is 11.1. The molecule has 1 spiro atoms. The summed E-state index contributed by atoms with van der Waals surface area (Å²) in [6.07, 6.45) is 1.84. The first-order chi connectivity index (χ1) is 27.8. The van der Waals surface area contributed by atoms with E-state index in [1.807, 2.05) is 72.9 Å². The molecular weight excluding hydrogens is 685 g/mol. The summed E-state index contributed by atoms with van der Waals surface area (Å²) in [6, 6.07) is 65.3. The van der Waals surface area contributed by atoms with Gasteiger partial charge >= 0.3 is 0 Å². The zero-order chi connectivity index (χ0) is 37.1. The van der Waals surface area contributed by atoms with E-state index in [2.05, 4.69) is 121 Å². The molecule has 0 atom stereocenters. The van der Waals surface area contributed by atoms with Crippen LogP contribution in [0.25, 0.3) is 67.7 Å². The lowest BCUT2D eigenvalue weighted by molar-refractivity contribution is 0.436. The molecule has 0 unspecified atom stereocenters. The van der Waals surface area contributed by atoms with Crippen molar-refractivity contribution in [3.8, 4) is 79.2 Å². The fraction of sp³-hybridized carbons (Fsp3) is 0.0196. The Hall–Kier alpha value is -7.50. The van der Waals surface area contributed by atoms with Gasteiger partial charge in [0.15, 0.2) is 17.5 Å².